The van der Waals surface area contributed by atoms with E-state index in [0.29, 0.717) is 18.8 Å². The number of piperidine rings is 1. The Labute approximate surface area is 224 Å². The molecule has 0 bridgehead atoms. The van der Waals surface area contributed by atoms with E-state index in [-0.39, 0.29) is 17.9 Å². The minimum absolute atomic E-state index is 0.0646. The number of aliphatic hydroxyl groups excluding tert-OH is 1. The monoisotopic (exact) mass is 518 g/mol. The Kier molecular flexibility index (Phi) is 7.74. The van der Waals surface area contributed by atoms with Gasteiger partial charge in [0, 0.05) is 36.3 Å². The number of nitrogens with zero attached hydrogens (tertiary/aromatic N) is 3. The lowest BCUT2D eigenvalue weighted by atomic mass is 9.93. The summed E-state index contributed by atoms with van der Waals surface area (Å²) in [5, 5.41) is 13.9. The molecule has 38 heavy (non-hydrogen) atoms. The van der Waals surface area contributed by atoms with Gasteiger partial charge >= 0.3 is 6.09 Å². The van der Waals surface area contributed by atoms with Gasteiger partial charge in [-0.2, -0.15) is 0 Å². The van der Waals surface area contributed by atoms with Crippen LogP contribution in [0, 0.1) is 5.41 Å². The van der Waals surface area contributed by atoms with Crippen LogP contribution in [0.15, 0.2) is 48.7 Å². The molecule has 2 N–H and O–H groups in total. The molecular weight excluding hydrogens is 480 g/mol. The zero-order chi connectivity index (χ0) is 27.7. The van der Waals surface area contributed by atoms with Crippen molar-refractivity contribution in [3.8, 4) is 0 Å². The summed E-state index contributed by atoms with van der Waals surface area (Å²) in [5.74, 6) is 0.139. The number of hydrogen-bond acceptors (Lipinski definition) is 6. The van der Waals surface area contributed by atoms with Gasteiger partial charge in [0.2, 0.25) is 5.91 Å². The lowest BCUT2D eigenvalue weighted by molar-refractivity contribution is -0.123. The molecule has 2 aromatic carbocycles. The average molecular weight is 519 g/mol. The van der Waals surface area contributed by atoms with Crippen molar-refractivity contribution in [1.82, 2.24) is 14.9 Å². The fourth-order valence-electron chi connectivity index (χ4n) is 4.35. The topological polar surface area (TPSA) is 105 Å². The van der Waals surface area contributed by atoms with Crippen molar-refractivity contribution < 1.29 is 19.4 Å². The Morgan fingerprint density at radius 3 is 2.21 bits per heavy atom. The first-order valence-corrected chi connectivity index (χ1v) is 13.1. The molecule has 8 heteroatoms. The van der Waals surface area contributed by atoms with Crippen LogP contribution in [-0.2, 0) is 9.53 Å². The highest BCUT2D eigenvalue weighted by molar-refractivity contribution is 5.94. The molecule has 2 amide bonds. The minimum Gasteiger partial charge on any atom is -0.444 e. The smallest absolute Gasteiger partial charge is 0.410 e. The van der Waals surface area contributed by atoms with Crippen LogP contribution in [0.2, 0.25) is 0 Å². The molecule has 1 aliphatic rings. The van der Waals surface area contributed by atoms with Gasteiger partial charge in [0.25, 0.3) is 0 Å². The highest BCUT2D eigenvalue weighted by atomic mass is 16.6. The standard InChI is InChI=1S/C30H38N4O4/c1-29(2,3)27(36)32-22-10-7-20(8-11-22)26(35)21-9-12-23-24(17-21)33-25(18-31-23)19-13-15-34(16-14-19)28(37)38-30(4,5)6/h7-12,17-19,26,35H,13-16H2,1-6H3,(H,32,36). The van der Waals surface area contributed by atoms with Gasteiger partial charge in [-0.3, -0.25) is 9.78 Å². The third-order valence-electron chi connectivity index (χ3n) is 6.63. The number of amides is 2. The van der Waals surface area contributed by atoms with E-state index >= 15 is 0 Å². The van der Waals surface area contributed by atoms with Crippen molar-refractivity contribution in [3.05, 3.63) is 65.5 Å². The van der Waals surface area contributed by atoms with Crippen molar-refractivity contribution in [2.24, 2.45) is 5.41 Å². The van der Waals surface area contributed by atoms with E-state index in [4.69, 9.17) is 9.72 Å². The van der Waals surface area contributed by atoms with Crippen LogP contribution in [0.4, 0.5) is 10.5 Å². The average Bonchev–Trinajstić information content (AvgIpc) is 2.86. The third-order valence-corrected chi connectivity index (χ3v) is 6.63. The summed E-state index contributed by atoms with van der Waals surface area (Å²) in [7, 11) is 0. The number of anilines is 1. The van der Waals surface area contributed by atoms with Crippen LogP contribution in [-0.4, -0.2) is 50.7 Å². The third kappa shape index (κ3) is 6.67. The zero-order valence-corrected chi connectivity index (χ0v) is 23.1. The highest BCUT2D eigenvalue weighted by Gasteiger charge is 2.28. The number of aromatic nitrogens is 2. The number of ether oxygens (including phenoxy) is 1. The largest absolute Gasteiger partial charge is 0.444 e. The summed E-state index contributed by atoms with van der Waals surface area (Å²) in [6, 6.07) is 12.8. The number of rotatable bonds is 4. The van der Waals surface area contributed by atoms with E-state index in [1.165, 1.54) is 0 Å². The minimum atomic E-state index is -0.839. The summed E-state index contributed by atoms with van der Waals surface area (Å²) in [6.07, 6.45) is 2.29. The molecule has 0 radical (unpaired) electrons. The number of benzene rings is 2. The lowest BCUT2D eigenvalue weighted by Gasteiger charge is -2.33. The second-order valence-electron chi connectivity index (χ2n) is 12.0. The van der Waals surface area contributed by atoms with Crippen LogP contribution >= 0.6 is 0 Å². The Morgan fingerprint density at radius 2 is 1.61 bits per heavy atom. The SMILES string of the molecule is CC(C)(C)OC(=O)N1CCC(c2cnc3ccc(C(O)c4ccc(NC(=O)C(C)(C)C)cc4)cc3n2)CC1. The van der Waals surface area contributed by atoms with Gasteiger partial charge in [-0.15, -0.1) is 0 Å². The van der Waals surface area contributed by atoms with E-state index in [9.17, 15) is 14.7 Å². The Hall–Kier alpha value is -3.52. The Morgan fingerprint density at radius 1 is 0.974 bits per heavy atom. The first-order chi connectivity index (χ1) is 17.8. The summed E-state index contributed by atoms with van der Waals surface area (Å²) >= 11 is 0. The van der Waals surface area contributed by atoms with Crippen LogP contribution < -0.4 is 5.32 Å². The maximum Gasteiger partial charge on any atom is 0.410 e. The van der Waals surface area contributed by atoms with Gasteiger partial charge in [-0.05, 0) is 69.0 Å². The molecule has 202 valence electrons. The number of hydrogen-bond donors (Lipinski definition) is 2. The van der Waals surface area contributed by atoms with Crippen LogP contribution in [0.5, 0.6) is 0 Å². The van der Waals surface area contributed by atoms with Crippen molar-refractivity contribution in [1.29, 1.82) is 0 Å². The van der Waals surface area contributed by atoms with Crippen LogP contribution in [0.25, 0.3) is 11.0 Å². The second kappa shape index (κ2) is 10.7. The summed E-state index contributed by atoms with van der Waals surface area (Å²) in [4.78, 5) is 35.9. The van der Waals surface area contributed by atoms with Crippen LogP contribution in [0.3, 0.4) is 0 Å². The summed E-state index contributed by atoms with van der Waals surface area (Å²) < 4.78 is 5.50. The first-order valence-electron chi connectivity index (χ1n) is 13.1. The summed E-state index contributed by atoms with van der Waals surface area (Å²) in [6.45, 7) is 12.4. The number of likely N-dealkylation sites (tertiary alicyclic amines) is 1. The molecule has 0 spiro atoms. The summed E-state index contributed by atoms with van der Waals surface area (Å²) in [5.41, 5.74) is 3.51. The van der Waals surface area contributed by atoms with Gasteiger partial charge in [0.05, 0.1) is 16.7 Å². The van der Waals surface area contributed by atoms with Crippen molar-refractivity contribution >= 4 is 28.7 Å². The van der Waals surface area contributed by atoms with E-state index < -0.39 is 17.1 Å². The molecule has 0 saturated carbocycles. The van der Waals surface area contributed by atoms with Gasteiger partial charge in [-0.25, -0.2) is 9.78 Å². The molecule has 0 aliphatic carbocycles. The zero-order valence-electron chi connectivity index (χ0n) is 23.1. The predicted molar refractivity (Wildman–Crippen MR) is 148 cm³/mol. The molecule has 1 aromatic heterocycles. The normalized spacial score (nSPS) is 15.8. The Bertz CT molecular complexity index is 1300. The predicted octanol–water partition coefficient (Wildman–Crippen LogP) is 5.81. The van der Waals surface area contributed by atoms with E-state index in [2.05, 4.69) is 10.3 Å². The fraction of sp³-hybridized carbons (Fsp3) is 0.467. The maximum absolute atomic E-state index is 12.4. The molecule has 2 heterocycles. The van der Waals surface area contributed by atoms with Gasteiger partial charge in [0.15, 0.2) is 0 Å². The van der Waals surface area contributed by atoms with Gasteiger partial charge in [-0.1, -0.05) is 39.0 Å². The number of fused-ring (bicyclic) bond motifs is 1. The Balaban J connectivity index is 1.45. The van der Waals surface area contributed by atoms with E-state index in [1.807, 2.05) is 78.1 Å². The number of carbonyl (C=O) groups is 2. The quantitative estimate of drug-likeness (QED) is 0.452. The molecule has 3 aromatic rings. The van der Waals surface area contributed by atoms with Gasteiger partial charge < -0.3 is 20.1 Å². The van der Waals surface area contributed by atoms with Crippen LogP contribution in [0.1, 0.15) is 83.2 Å². The molecule has 1 atom stereocenters. The maximum atomic E-state index is 12.4. The van der Waals surface area contributed by atoms with Crippen molar-refractivity contribution in [3.63, 3.8) is 0 Å². The molecule has 1 unspecified atom stereocenters. The first kappa shape index (κ1) is 27.5. The fourth-order valence-corrected chi connectivity index (χ4v) is 4.35. The van der Waals surface area contributed by atoms with Crippen molar-refractivity contribution in [2.45, 2.75) is 72.0 Å². The molecule has 1 saturated heterocycles. The van der Waals surface area contributed by atoms with Gasteiger partial charge in [0.1, 0.15) is 11.7 Å². The van der Waals surface area contributed by atoms with E-state index in [1.54, 1.807) is 17.0 Å². The molecular formula is C30H38N4O4. The molecule has 1 fully saturated rings. The van der Waals surface area contributed by atoms with E-state index in [0.717, 1.165) is 40.7 Å². The highest BCUT2D eigenvalue weighted by Crippen LogP contribution is 2.30. The van der Waals surface area contributed by atoms with Crippen molar-refractivity contribution in [2.75, 3.05) is 18.4 Å². The molecule has 4 rings (SSSR count). The number of aliphatic hydroxyl groups is 1. The lowest BCUT2D eigenvalue weighted by Crippen LogP contribution is -2.41. The molecule has 8 nitrogen and oxygen atoms in total. The second-order valence-corrected chi connectivity index (χ2v) is 12.0. The molecule has 1 aliphatic heterocycles. The number of carbonyl (C=O) groups excluding carboxylic acids is 2. The number of nitrogens with one attached hydrogen (secondary N) is 1.